The van der Waals surface area contributed by atoms with Gasteiger partial charge in [0.25, 0.3) is 0 Å². The van der Waals surface area contributed by atoms with Crippen molar-refractivity contribution in [1.29, 1.82) is 0 Å². The number of nitrogens with zero attached hydrogens (tertiary/aromatic N) is 5. The molecule has 1 N–H and O–H groups in total. The summed E-state index contributed by atoms with van der Waals surface area (Å²) >= 11 is 0. The third-order valence-electron chi connectivity index (χ3n) is 1.83. The van der Waals surface area contributed by atoms with Crippen LogP contribution in [0, 0.1) is 6.92 Å². The number of tetrazole rings is 1. The van der Waals surface area contributed by atoms with Gasteiger partial charge in [-0.25, -0.2) is 0 Å². The molecule has 0 amide bonds. The van der Waals surface area contributed by atoms with Crippen molar-refractivity contribution >= 4 is 0 Å². The van der Waals surface area contributed by atoms with Crippen molar-refractivity contribution in [3.63, 3.8) is 0 Å². The van der Waals surface area contributed by atoms with E-state index in [0.717, 1.165) is 11.4 Å². The summed E-state index contributed by atoms with van der Waals surface area (Å²) < 4.78 is 1.83. The van der Waals surface area contributed by atoms with Crippen LogP contribution < -0.4 is 0 Å². The highest BCUT2D eigenvalue weighted by Gasteiger charge is 2.05. The molecule has 0 spiro atoms. The van der Waals surface area contributed by atoms with E-state index in [0.29, 0.717) is 12.2 Å². The van der Waals surface area contributed by atoms with Crippen LogP contribution in [0.4, 0.5) is 0 Å². The summed E-state index contributed by atoms with van der Waals surface area (Å²) in [5.41, 5.74) is 2.08. The number of rotatable bonds is 2. The minimum absolute atomic E-state index is 0.661. The molecule has 6 heteroatoms. The Bertz CT molecular complexity index is 387. The van der Waals surface area contributed by atoms with Crippen molar-refractivity contribution in [3.8, 4) is 0 Å². The van der Waals surface area contributed by atoms with Crippen molar-refractivity contribution in [2.24, 2.45) is 7.05 Å². The van der Waals surface area contributed by atoms with Crippen molar-refractivity contribution in [2.75, 3.05) is 0 Å². The predicted molar refractivity (Wildman–Crippen MR) is 44.9 cm³/mol. The minimum atomic E-state index is 0.661. The second kappa shape index (κ2) is 2.96. The molecule has 0 fully saturated rings. The first-order chi connectivity index (χ1) is 6.25. The van der Waals surface area contributed by atoms with Crippen LogP contribution in [0.3, 0.4) is 0 Å². The standard InChI is InChI=1S/C7H10N6/c1-5-3-6(13(2)10-5)4-7-8-11-12-9-7/h3H,4H2,1-2H3,(H,8,9,11,12). The Morgan fingerprint density at radius 1 is 1.54 bits per heavy atom. The minimum Gasteiger partial charge on any atom is -0.272 e. The predicted octanol–water partition coefficient (Wildman–Crippen LogP) is -0.168. The molecule has 2 rings (SSSR count). The second-order valence-electron chi connectivity index (χ2n) is 2.91. The third-order valence-corrected chi connectivity index (χ3v) is 1.83. The van der Waals surface area contributed by atoms with Gasteiger partial charge in [-0.1, -0.05) is 5.21 Å². The van der Waals surface area contributed by atoms with E-state index < -0.39 is 0 Å². The first-order valence-corrected chi connectivity index (χ1v) is 3.97. The molecule has 0 saturated carbocycles. The maximum atomic E-state index is 4.22. The van der Waals surface area contributed by atoms with Crippen LogP contribution in [0.1, 0.15) is 17.2 Å². The molecule has 0 bridgehead atoms. The van der Waals surface area contributed by atoms with E-state index in [1.165, 1.54) is 0 Å². The lowest BCUT2D eigenvalue weighted by Crippen LogP contribution is -2.00. The molecule has 68 valence electrons. The number of H-pyrrole nitrogens is 1. The topological polar surface area (TPSA) is 72.3 Å². The lowest BCUT2D eigenvalue weighted by molar-refractivity contribution is 0.709. The van der Waals surface area contributed by atoms with Crippen molar-refractivity contribution in [1.82, 2.24) is 30.4 Å². The monoisotopic (exact) mass is 178 g/mol. The lowest BCUT2D eigenvalue weighted by Gasteiger charge is -1.95. The van der Waals surface area contributed by atoms with Gasteiger partial charge >= 0.3 is 0 Å². The number of nitrogens with one attached hydrogen (secondary N) is 1. The highest BCUT2D eigenvalue weighted by molar-refractivity contribution is 5.12. The van der Waals surface area contributed by atoms with Crippen LogP contribution in [0.5, 0.6) is 0 Å². The Balaban J connectivity index is 2.23. The number of hydrogen-bond donors (Lipinski definition) is 1. The van der Waals surface area contributed by atoms with E-state index in [1.807, 2.05) is 24.7 Å². The average molecular weight is 178 g/mol. The summed E-state index contributed by atoms with van der Waals surface area (Å²) in [7, 11) is 1.91. The van der Waals surface area contributed by atoms with Gasteiger partial charge in [-0.2, -0.15) is 10.3 Å². The zero-order valence-electron chi connectivity index (χ0n) is 7.52. The smallest absolute Gasteiger partial charge is 0.180 e. The van der Waals surface area contributed by atoms with Gasteiger partial charge in [0.2, 0.25) is 0 Å². The summed E-state index contributed by atoms with van der Waals surface area (Å²) in [5, 5.41) is 17.9. The summed E-state index contributed by atoms with van der Waals surface area (Å²) in [5.74, 6) is 0.683. The Hall–Kier alpha value is -1.72. The van der Waals surface area contributed by atoms with Gasteiger partial charge in [0.05, 0.1) is 12.1 Å². The van der Waals surface area contributed by atoms with Crippen LogP contribution in [-0.2, 0) is 13.5 Å². The molecule has 13 heavy (non-hydrogen) atoms. The number of aromatic amines is 1. The van der Waals surface area contributed by atoms with Crippen LogP contribution in [0.15, 0.2) is 6.07 Å². The molecule has 2 aromatic rings. The number of aryl methyl sites for hydroxylation is 2. The molecular weight excluding hydrogens is 168 g/mol. The Kier molecular flexibility index (Phi) is 1.80. The normalized spacial score (nSPS) is 10.6. The quantitative estimate of drug-likeness (QED) is 0.693. The van der Waals surface area contributed by atoms with Gasteiger partial charge in [0.1, 0.15) is 0 Å². The van der Waals surface area contributed by atoms with Gasteiger partial charge in [-0.15, -0.1) is 10.2 Å². The zero-order valence-corrected chi connectivity index (χ0v) is 7.52. The van der Waals surface area contributed by atoms with E-state index in [9.17, 15) is 0 Å². The molecule has 0 radical (unpaired) electrons. The second-order valence-corrected chi connectivity index (χ2v) is 2.91. The fourth-order valence-electron chi connectivity index (χ4n) is 1.25. The van der Waals surface area contributed by atoms with E-state index in [4.69, 9.17) is 0 Å². The number of hydrogen-bond acceptors (Lipinski definition) is 4. The molecule has 0 atom stereocenters. The molecule has 0 aliphatic heterocycles. The van der Waals surface area contributed by atoms with Crippen molar-refractivity contribution < 1.29 is 0 Å². The zero-order chi connectivity index (χ0) is 9.26. The molecule has 6 nitrogen and oxygen atoms in total. The maximum Gasteiger partial charge on any atom is 0.180 e. The molecule has 0 saturated heterocycles. The summed E-state index contributed by atoms with van der Waals surface area (Å²) in [6.45, 7) is 1.96. The number of aromatic nitrogens is 6. The molecule has 0 aliphatic carbocycles. The van der Waals surface area contributed by atoms with E-state index >= 15 is 0 Å². The highest BCUT2D eigenvalue weighted by Crippen LogP contribution is 2.05. The molecular formula is C7H10N6. The molecule has 2 aromatic heterocycles. The Morgan fingerprint density at radius 2 is 2.38 bits per heavy atom. The van der Waals surface area contributed by atoms with Gasteiger partial charge in [0, 0.05) is 12.7 Å². The van der Waals surface area contributed by atoms with Crippen LogP contribution in [-0.4, -0.2) is 30.4 Å². The van der Waals surface area contributed by atoms with Crippen LogP contribution >= 0.6 is 0 Å². The Morgan fingerprint density at radius 3 is 2.92 bits per heavy atom. The fourth-order valence-corrected chi connectivity index (χ4v) is 1.25. The molecule has 0 aliphatic rings. The first kappa shape index (κ1) is 7.90. The first-order valence-electron chi connectivity index (χ1n) is 3.97. The lowest BCUT2D eigenvalue weighted by atomic mass is 10.3. The maximum absolute atomic E-state index is 4.22. The molecule has 0 aromatic carbocycles. The van der Waals surface area contributed by atoms with Crippen LogP contribution in [0.25, 0.3) is 0 Å². The summed E-state index contributed by atoms with van der Waals surface area (Å²) in [6.07, 6.45) is 0.661. The van der Waals surface area contributed by atoms with E-state index in [1.54, 1.807) is 0 Å². The summed E-state index contributed by atoms with van der Waals surface area (Å²) in [4.78, 5) is 0. The van der Waals surface area contributed by atoms with Crippen molar-refractivity contribution in [2.45, 2.75) is 13.3 Å². The van der Waals surface area contributed by atoms with Gasteiger partial charge < -0.3 is 0 Å². The third kappa shape index (κ3) is 1.56. The summed E-state index contributed by atoms with van der Waals surface area (Å²) in [6, 6.07) is 2.01. The van der Waals surface area contributed by atoms with Crippen molar-refractivity contribution in [3.05, 3.63) is 23.3 Å². The Labute approximate surface area is 75.0 Å². The van der Waals surface area contributed by atoms with E-state index in [-0.39, 0.29) is 0 Å². The van der Waals surface area contributed by atoms with Gasteiger partial charge in [0.15, 0.2) is 5.82 Å². The van der Waals surface area contributed by atoms with Crippen LogP contribution in [0.2, 0.25) is 0 Å². The molecule has 0 unspecified atom stereocenters. The van der Waals surface area contributed by atoms with Gasteiger partial charge in [-0.3, -0.25) is 4.68 Å². The SMILES string of the molecule is Cc1cc(Cc2nn[nH]n2)n(C)n1. The average Bonchev–Trinajstić information content (AvgIpc) is 2.63. The highest BCUT2D eigenvalue weighted by atomic mass is 15.5. The largest absolute Gasteiger partial charge is 0.272 e. The fraction of sp³-hybridized carbons (Fsp3) is 0.429. The van der Waals surface area contributed by atoms with E-state index in [2.05, 4.69) is 25.7 Å². The molecule has 2 heterocycles. The van der Waals surface area contributed by atoms with Gasteiger partial charge in [-0.05, 0) is 13.0 Å².